The number of benzene rings is 3. The molecule has 2 heterocycles. The van der Waals surface area contributed by atoms with Gasteiger partial charge in [-0.15, -0.1) is 0 Å². The number of methoxy groups -OCH3 is 1. The molecule has 3 aromatic rings. The van der Waals surface area contributed by atoms with Gasteiger partial charge < -0.3 is 14.6 Å². The van der Waals surface area contributed by atoms with Crippen molar-refractivity contribution in [1.82, 2.24) is 5.01 Å². The lowest BCUT2D eigenvalue weighted by atomic mass is 9.78. The monoisotopic (exact) mass is 440 g/mol. The van der Waals surface area contributed by atoms with Gasteiger partial charge in [-0.05, 0) is 48.6 Å². The third kappa shape index (κ3) is 3.34. The van der Waals surface area contributed by atoms with Gasteiger partial charge in [0.1, 0.15) is 5.75 Å². The third-order valence-electron chi connectivity index (χ3n) is 7.46. The van der Waals surface area contributed by atoms with Crippen LogP contribution < -0.4 is 9.47 Å². The zero-order chi connectivity index (χ0) is 22.4. The van der Waals surface area contributed by atoms with Crippen molar-refractivity contribution in [2.75, 3.05) is 7.11 Å². The van der Waals surface area contributed by atoms with Gasteiger partial charge in [-0.25, -0.2) is 5.01 Å². The predicted octanol–water partition coefficient (Wildman–Crippen LogP) is 6.00. The van der Waals surface area contributed by atoms with Gasteiger partial charge in [0.2, 0.25) is 0 Å². The van der Waals surface area contributed by atoms with Crippen molar-refractivity contribution in [1.29, 1.82) is 0 Å². The minimum absolute atomic E-state index is 0.141. The highest BCUT2D eigenvalue weighted by Crippen LogP contribution is 2.53. The number of phenolic OH excluding ortho intramolecular Hbond substituents is 1. The first kappa shape index (κ1) is 20.2. The van der Waals surface area contributed by atoms with E-state index >= 15 is 0 Å². The van der Waals surface area contributed by atoms with E-state index in [2.05, 4.69) is 59.6 Å². The van der Waals surface area contributed by atoms with Gasteiger partial charge in [0.25, 0.3) is 0 Å². The number of ether oxygens (including phenoxy) is 2. The van der Waals surface area contributed by atoms with E-state index in [9.17, 15) is 5.11 Å². The molecule has 1 saturated carbocycles. The Morgan fingerprint density at radius 2 is 1.76 bits per heavy atom. The normalized spacial score (nSPS) is 25.7. The first-order chi connectivity index (χ1) is 16.2. The zero-order valence-electron chi connectivity index (χ0n) is 18.8. The summed E-state index contributed by atoms with van der Waals surface area (Å²) in [6.07, 6.45) is 4.83. The minimum atomic E-state index is -0.424. The summed E-state index contributed by atoms with van der Waals surface area (Å²) in [5.74, 6) is 2.15. The second kappa shape index (κ2) is 7.84. The van der Waals surface area contributed by atoms with Crippen molar-refractivity contribution in [3.05, 3.63) is 89.5 Å². The van der Waals surface area contributed by atoms with Gasteiger partial charge in [-0.3, -0.25) is 0 Å². The molecule has 5 nitrogen and oxygen atoms in total. The molecule has 1 spiro atoms. The number of hydrogen-bond acceptors (Lipinski definition) is 5. The van der Waals surface area contributed by atoms with Crippen LogP contribution in [0.4, 0.5) is 0 Å². The highest BCUT2D eigenvalue weighted by Gasteiger charge is 2.52. The molecule has 2 aliphatic heterocycles. The number of hydrazone groups is 1. The molecule has 6 rings (SSSR count). The van der Waals surface area contributed by atoms with Gasteiger partial charge in [0, 0.05) is 30.4 Å². The first-order valence-corrected chi connectivity index (χ1v) is 11.7. The summed E-state index contributed by atoms with van der Waals surface area (Å²) in [7, 11) is 1.57. The molecule has 5 heteroatoms. The van der Waals surface area contributed by atoms with Crippen molar-refractivity contribution in [2.24, 2.45) is 5.10 Å². The van der Waals surface area contributed by atoms with Crippen LogP contribution in [0.15, 0.2) is 77.9 Å². The van der Waals surface area contributed by atoms with Crippen LogP contribution in [0.1, 0.15) is 60.8 Å². The predicted molar refractivity (Wildman–Crippen MR) is 128 cm³/mol. The Morgan fingerprint density at radius 3 is 2.55 bits per heavy atom. The van der Waals surface area contributed by atoms with E-state index in [0.717, 1.165) is 49.1 Å². The fourth-order valence-electron chi connectivity index (χ4n) is 5.72. The Balaban J connectivity index is 1.35. The number of fused-ring (bicyclic) bond motifs is 4. The van der Waals surface area contributed by atoms with Crippen molar-refractivity contribution >= 4 is 5.71 Å². The molecule has 1 aliphatic carbocycles. The summed E-state index contributed by atoms with van der Waals surface area (Å²) in [6.45, 7) is 0. The average molecular weight is 441 g/mol. The molecule has 3 aromatic carbocycles. The zero-order valence-corrected chi connectivity index (χ0v) is 18.8. The molecule has 33 heavy (non-hydrogen) atoms. The Kier molecular flexibility index (Phi) is 4.79. The molecule has 0 unspecified atom stereocenters. The van der Waals surface area contributed by atoms with Crippen molar-refractivity contribution < 1.29 is 14.6 Å². The Morgan fingerprint density at radius 1 is 1.00 bits per heavy atom. The van der Waals surface area contributed by atoms with Crippen LogP contribution in [-0.4, -0.2) is 28.7 Å². The van der Waals surface area contributed by atoms with Crippen LogP contribution >= 0.6 is 0 Å². The molecular weight excluding hydrogens is 412 g/mol. The molecular formula is C28H28N2O3. The number of para-hydroxylation sites is 1. The second-order valence-corrected chi connectivity index (χ2v) is 9.27. The average Bonchev–Trinajstić information content (AvgIpc) is 3.32. The third-order valence-corrected chi connectivity index (χ3v) is 7.46. The highest BCUT2D eigenvalue weighted by atomic mass is 16.5. The van der Waals surface area contributed by atoms with Gasteiger partial charge in [-0.2, -0.15) is 5.10 Å². The van der Waals surface area contributed by atoms with E-state index < -0.39 is 5.72 Å². The van der Waals surface area contributed by atoms with Gasteiger partial charge in [0.15, 0.2) is 17.2 Å². The van der Waals surface area contributed by atoms with E-state index in [1.807, 2.05) is 12.1 Å². The van der Waals surface area contributed by atoms with Crippen LogP contribution in [0.25, 0.3) is 0 Å². The highest BCUT2D eigenvalue weighted by molar-refractivity contribution is 6.02. The molecule has 0 saturated heterocycles. The summed E-state index contributed by atoms with van der Waals surface area (Å²) in [6, 6.07) is 24.8. The van der Waals surface area contributed by atoms with E-state index in [0.29, 0.717) is 11.7 Å². The molecule has 1 atom stereocenters. The molecule has 1 fully saturated rings. The molecule has 0 amide bonds. The lowest BCUT2D eigenvalue weighted by molar-refractivity contribution is -0.142. The minimum Gasteiger partial charge on any atom is -0.504 e. The smallest absolute Gasteiger partial charge is 0.198 e. The van der Waals surface area contributed by atoms with Gasteiger partial charge in [0.05, 0.1) is 18.9 Å². The topological polar surface area (TPSA) is 54.3 Å². The van der Waals surface area contributed by atoms with Gasteiger partial charge >= 0.3 is 0 Å². The molecule has 0 bridgehead atoms. The van der Waals surface area contributed by atoms with E-state index in [-0.39, 0.29) is 11.8 Å². The molecule has 1 N–H and O–H groups in total. The Hall–Kier alpha value is -3.47. The van der Waals surface area contributed by atoms with Gasteiger partial charge in [-0.1, -0.05) is 48.5 Å². The number of phenols is 1. The maximum atomic E-state index is 10.0. The van der Waals surface area contributed by atoms with E-state index in [1.54, 1.807) is 13.2 Å². The number of nitrogens with zero attached hydrogens (tertiary/aromatic N) is 2. The van der Waals surface area contributed by atoms with Crippen LogP contribution in [-0.2, 0) is 0 Å². The van der Waals surface area contributed by atoms with Crippen LogP contribution in [0, 0.1) is 0 Å². The van der Waals surface area contributed by atoms with Crippen LogP contribution in [0.2, 0.25) is 0 Å². The van der Waals surface area contributed by atoms with Crippen molar-refractivity contribution in [3.8, 4) is 17.2 Å². The first-order valence-electron chi connectivity index (χ1n) is 11.7. The fourth-order valence-corrected chi connectivity index (χ4v) is 5.72. The summed E-state index contributed by atoms with van der Waals surface area (Å²) in [4.78, 5) is 0. The molecule has 3 aliphatic rings. The lowest BCUT2D eigenvalue weighted by Crippen LogP contribution is -2.55. The maximum absolute atomic E-state index is 10.0. The number of hydrogen-bond donors (Lipinski definition) is 1. The van der Waals surface area contributed by atoms with Crippen molar-refractivity contribution in [3.63, 3.8) is 0 Å². The van der Waals surface area contributed by atoms with E-state index in [4.69, 9.17) is 14.6 Å². The molecule has 0 radical (unpaired) electrons. The largest absolute Gasteiger partial charge is 0.504 e. The summed E-state index contributed by atoms with van der Waals surface area (Å²) in [5.41, 5.74) is 4.17. The molecule has 0 aromatic heterocycles. The van der Waals surface area contributed by atoms with E-state index in [1.165, 1.54) is 11.1 Å². The van der Waals surface area contributed by atoms with Crippen LogP contribution in [0.5, 0.6) is 17.2 Å². The SMILES string of the molecule is COc1cc(C2=NN3[C@@H](C2)c2ccccc2OC32CCC(c3ccccc3)CC2)ccc1O. The summed E-state index contributed by atoms with van der Waals surface area (Å²) >= 11 is 0. The number of aromatic hydroxyl groups is 1. The summed E-state index contributed by atoms with van der Waals surface area (Å²) in [5, 5.41) is 17.4. The second-order valence-electron chi connectivity index (χ2n) is 9.27. The summed E-state index contributed by atoms with van der Waals surface area (Å²) < 4.78 is 12.1. The van der Waals surface area contributed by atoms with Crippen molar-refractivity contribution in [2.45, 2.75) is 49.8 Å². The maximum Gasteiger partial charge on any atom is 0.198 e. The lowest BCUT2D eigenvalue weighted by Gasteiger charge is -2.50. The number of rotatable bonds is 3. The Bertz CT molecular complexity index is 1200. The molecule has 168 valence electrons. The Labute approximate surface area is 194 Å². The fraction of sp³-hybridized carbons (Fsp3) is 0.321. The standard InChI is InChI=1S/C28H28N2O3/c1-32-27-17-21(11-12-25(27)31)23-18-24-22-9-5-6-10-26(22)33-28(30(24)29-23)15-13-20(14-16-28)19-7-3-2-4-8-19/h2-12,17,20,24,31H,13-16,18H2,1H3/t20?,24-,28?/m0/s1. The quantitative estimate of drug-likeness (QED) is 0.543. The van der Waals surface area contributed by atoms with Crippen LogP contribution in [0.3, 0.4) is 0 Å².